The number of nitrogens with one attached hydrogen (secondary N) is 2. The van der Waals surface area contributed by atoms with Crippen LogP contribution in [-0.2, 0) is 0 Å². The van der Waals surface area contributed by atoms with Gasteiger partial charge in [0.1, 0.15) is 0 Å². The molecule has 23 heavy (non-hydrogen) atoms. The van der Waals surface area contributed by atoms with Gasteiger partial charge >= 0.3 is 6.03 Å². The van der Waals surface area contributed by atoms with Gasteiger partial charge in [0.2, 0.25) is 0 Å². The molecule has 0 bridgehead atoms. The molecule has 1 aliphatic carbocycles. The predicted molar refractivity (Wildman–Crippen MR) is 94.7 cm³/mol. The fraction of sp³-hybridized carbons (Fsp3) is 0.389. The summed E-state index contributed by atoms with van der Waals surface area (Å²) in [7, 11) is 0. The Bertz CT molecular complexity index is 634. The first-order valence-electron chi connectivity index (χ1n) is 8.07. The highest BCUT2D eigenvalue weighted by atomic mass is 32.1. The number of hydrogen-bond donors (Lipinski definition) is 3. The zero-order chi connectivity index (χ0) is 16.1. The van der Waals surface area contributed by atoms with Crippen LogP contribution in [0.4, 0.5) is 10.5 Å². The van der Waals surface area contributed by atoms with Crippen molar-refractivity contribution < 1.29 is 9.90 Å². The Hall–Kier alpha value is -1.85. The molecule has 3 rings (SSSR count). The van der Waals surface area contributed by atoms with Crippen molar-refractivity contribution in [2.75, 3.05) is 11.9 Å². The molecule has 2 amide bonds. The molecule has 122 valence electrons. The van der Waals surface area contributed by atoms with E-state index in [0.29, 0.717) is 5.92 Å². The van der Waals surface area contributed by atoms with Crippen LogP contribution in [0.5, 0.6) is 0 Å². The quantitative estimate of drug-likeness (QED) is 0.791. The number of carbonyl (C=O) groups excluding carboxylic acids is 1. The van der Waals surface area contributed by atoms with E-state index in [-0.39, 0.29) is 18.7 Å². The van der Waals surface area contributed by atoms with Crippen LogP contribution < -0.4 is 10.6 Å². The van der Waals surface area contributed by atoms with Crippen molar-refractivity contribution in [1.29, 1.82) is 0 Å². The van der Waals surface area contributed by atoms with Crippen LogP contribution in [0.2, 0.25) is 0 Å². The second-order valence-electron chi connectivity index (χ2n) is 6.06. The van der Waals surface area contributed by atoms with Gasteiger partial charge in [-0.1, -0.05) is 18.2 Å². The molecular formula is C18H22N2O2S. The van der Waals surface area contributed by atoms with Crippen LogP contribution >= 0.6 is 11.3 Å². The molecule has 3 N–H and O–H groups in total. The van der Waals surface area contributed by atoms with E-state index in [1.54, 1.807) is 11.3 Å². The van der Waals surface area contributed by atoms with Crippen LogP contribution in [0, 0.1) is 5.92 Å². The van der Waals surface area contributed by atoms with Crippen molar-refractivity contribution in [3.8, 4) is 10.4 Å². The Morgan fingerprint density at radius 3 is 2.70 bits per heavy atom. The second kappa shape index (κ2) is 7.62. The highest BCUT2D eigenvalue weighted by Gasteiger charge is 2.21. The maximum absolute atomic E-state index is 12.2. The fourth-order valence-electron chi connectivity index (χ4n) is 3.03. The number of benzene rings is 1. The molecule has 0 radical (unpaired) electrons. The van der Waals surface area contributed by atoms with E-state index in [1.807, 2.05) is 35.7 Å². The van der Waals surface area contributed by atoms with Gasteiger partial charge in [-0.3, -0.25) is 0 Å². The van der Waals surface area contributed by atoms with Gasteiger partial charge in [0, 0.05) is 23.2 Å². The van der Waals surface area contributed by atoms with Crippen LogP contribution in [0.15, 0.2) is 41.8 Å². The molecule has 1 saturated carbocycles. The number of urea groups is 1. The Labute approximate surface area is 140 Å². The molecular weight excluding hydrogens is 308 g/mol. The van der Waals surface area contributed by atoms with Gasteiger partial charge < -0.3 is 15.7 Å². The standard InChI is InChI=1S/C18H22N2O2S/c21-12-13-6-8-15(9-7-13)19-18(22)20-16-4-1-3-14(11-16)17-5-2-10-23-17/h1-5,10-11,13,15,21H,6-9,12H2,(H2,19,20,22). The number of carbonyl (C=O) groups is 1. The van der Waals surface area contributed by atoms with Gasteiger partial charge in [-0.15, -0.1) is 11.3 Å². The molecule has 1 heterocycles. The van der Waals surface area contributed by atoms with Gasteiger partial charge in [-0.25, -0.2) is 4.79 Å². The summed E-state index contributed by atoms with van der Waals surface area (Å²) in [5.74, 6) is 0.401. The van der Waals surface area contributed by atoms with E-state index in [9.17, 15) is 4.79 Å². The maximum Gasteiger partial charge on any atom is 0.319 e. The number of anilines is 1. The lowest BCUT2D eigenvalue weighted by molar-refractivity contribution is 0.176. The molecule has 0 atom stereocenters. The maximum atomic E-state index is 12.2. The molecule has 2 aromatic rings. The van der Waals surface area contributed by atoms with Crippen LogP contribution in [-0.4, -0.2) is 23.8 Å². The number of hydrogen-bond acceptors (Lipinski definition) is 3. The highest BCUT2D eigenvalue weighted by Crippen LogP contribution is 2.27. The molecule has 1 aromatic heterocycles. The average Bonchev–Trinajstić information content (AvgIpc) is 3.10. The number of rotatable bonds is 4. The first-order chi connectivity index (χ1) is 11.2. The lowest BCUT2D eigenvalue weighted by Crippen LogP contribution is -2.40. The fourth-order valence-corrected chi connectivity index (χ4v) is 3.76. The van der Waals surface area contributed by atoms with E-state index in [2.05, 4.69) is 16.7 Å². The minimum atomic E-state index is -0.152. The van der Waals surface area contributed by atoms with Gasteiger partial charge in [0.05, 0.1) is 0 Å². The summed E-state index contributed by atoms with van der Waals surface area (Å²) < 4.78 is 0. The number of aliphatic hydroxyl groups excluding tert-OH is 1. The monoisotopic (exact) mass is 330 g/mol. The summed E-state index contributed by atoms with van der Waals surface area (Å²) in [6.45, 7) is 0.258. The van der Waals surface area contributed by atoms with Gasteiger partial charge in [-0.05, 0) is 60.7 Å². The Kier molecular flexibility index (Phi) is 5.31. The van der Waals surface area contributed by atoms with Crippen molar-refractivity contribution in [2.24, 2.45) is 5.92 Å². The third-order valence-electron chi connectivity index (χ3n) is 4.37. The SMILES string of the molecule is O=C(Nc1cccc(-c2cccs2)c1)NC1CCC(CO)CC1. The Morgan fingerprint density at radius 2 is 2.00 bits per heavy atom. The topological polar surface area (TPSA) is 61.4 Å². The molecule has 0 unspecified atom stereocenters. The summed E-state index contributed by atoms with van der Waals surface area (Å²) in [5.41, 5.74) is 1.92. The van der Waals surface area contributed by atoms with Crippen LogP contribution in [0.25, 0.3) is 10.4 Å². The van der Waals surface area contributed by atoms with E-state index < -0.39 is 0 Å². The third-order valence-corrected chi connectivity index (χ3v) is 5.29. The van der Waals surface area contributed by atoms with E-state index in [4.69, 9.17) is 5.11 Å². The van der Waals surface area contributed by atoms with Crippen LogP contribution in [0.3, 0.4) is 0 Å². The molecule has 1 aromatic carbocycles. The zero-order valence-corrected chi connectivity index (χ0v) is 13.8. The lowest BCUT2D eigenvalue weighted by Gasteiger charge is -2.27. The predicted octanol–water partition coefficient (Wildman–Crippen LogP) is 4.09. The molecule has 0 aliphatic heterocycles. The molecule has 5 heteroatoms. The molecule has 1 aliphatic rings. The summed E-state index contributed by atoms with van der Waals surface area (Å²) in [6, 6.07) is 12.0. The molecule has 0 spiro atoms. The molecule has 1 fully saturated rings. The zero-order valence-electron chi connectivity index (χ0n) is 13.0. The van der Waals surface area contributed by atoms with Crippen LogP contribution in [0.1, 0.15) is 25.7 Å². The lowest BCUT2D eigenvalue weighted by atomic mass is 9.87. The van der Waals surface area contributed by atoms with E-state index >= 15 is 0 Å². The van der Waals surface area contributed by atoms with Crippen molar-refractivity contribution in [2.45, 2.75) is 31.7 Å². The first-order valence-corrected chi connectivity index (χ1v) is 8.95. The van der Waals surface area contributed by atoms with Gasteiger partial charge in [-0.2, -0.15) is 0 Å². The number of thiophene rings is 1. The summed E-state index contributed by atoms with van der Waals surface area (Å²) >= 11 is 1.69. The number of amides is 2. The van der Waals surface area contributed by atoms with Crippen molar-refractivity contribution in [3.63, 3.8) is 0 Å². The Balaban J connectivity index is 1.55. The van der Waals surface area contributed by atoms with E-state index in [0.717, 1.165) is 36.9 Å². The summed E-state index contributed by atoms with van der Waals surface area (Å²) in [6.07, 6.45) is 3.84. The highest BCUT2D eigenvalue weighted by molar-refractivity contribution is 7.13. The van der Waals surface area contributed by atoms with Crippen molar-refractivity contribution >= 4 is 23.1 Å². The van der Waals surface area contributed by atoms with Gasteiger partial charge in [0.25, 0.3) is 0 Å². The summed E-state index contributed by atoms with van der Waals surface area (Å²) in [5, 5.41) is 17.2. The second-order valence-corrected chi connectivity index (χ2v) is 7.00. The normalized spacial score (nSPS) is 20.9. The van der Waals surface area contributed by atoms with Gasteiger partial charge in [0.15, 0.2) is 0 Å². The minimum absolute atomic E-state index is 0.152. The Morgan fingerprint density at radius 1 is 1.17 bits per heavy atom. The minimum Gasteiger partial charge on any atom is -0.396 e. The number of aliphatic hydroxyl groups is 1. The molecule has 0 saturated heterocycles. The molecule has 4 nitrogen and oxygen atoms in total. The first kappa shape index (κ1) is 16.0. The third kappa shape index (κ3) is 4.33. The van der Waals surface area contributed by atoms with E-state index in [1.165, 1.54) is 4.88 Å². The largest absolute Gasteiger partial charge is 0.396 e. The smallest absolute Gasteiger partial charge is 0.319 e. The summed E-state index contributed by atoms with van der Waals surface area (Å²) in [4.78, 5) is 13.4. The average molecular weight is 330 g/mol. The van der Waals surface area contributed by atoms with Crippen molar-refractivity contribution in [3.05, 3.63) is 41.8 Å². The van der Waals surface area contributed by atoms with Crippen molar-refractivity contribution in [1.82, 2.24) is 5.32 Å².